The molecule has 20 heavy (non-hydrogen) atoms. The van der Waals surface area contributed by atoms with Gasteiger partial charge in [-0.2, -0.15) is 0 Å². The highest BCUT2D eigenvalue weighted by Crippen LogP contribution is 2.29. The van der Waals surface area contributed by atoms with Crippen molar-refractivity contribution in [2.75, 3.05) is 5.73 Å². The number of anilines is 1. The first kappa shape index (κ1) is 13.1. The first-order valence-electron chi connectivity index (χ1n) is 6.86. The molecule has 0 unspecified atom stereocenters. The van der Waals surface area contributed by atoms with Crippen molar-refractivity contribution in [3.05, 3.63) is 58.6 Å². The van der Waals surface area contributed by atoms with Crippen molar-refractivity contribution in [3.63, 3.8) is 0 Å². The number of fused-ring (bicyclic) bond motifs is 1. The highest BCUT2D eigenvalue weighted by atomic mass is 32.1. The number of nitrogens with two attached hydrogens (primary N) is 1. The van der Waals surface area contributed by atoms with E-state index in [2.05, 4.69) is 61.3 Å². The third-order valence-corrected chi connectivity index (χ3v) is 4.37. The second-order valence-electron chi connectivity index (χ2n) is 5.37. The van der Waals surface area contributed by atoms with E-state index in [1.165, 1.54) is 21.2 Å². The zero-order valence-electron chi connectivity index (χ0n) is 11.8. The lowest BCUT2D eigenvalue weighted by Crippen LogP contribution is -1.95. The molecular formula is C17H18N2S. The lowest BCUT2D eigenvalue weighted by molar-refractivity contribution is 0.820. The molecule has 0 aliphatic carbocycles. The molecule has 0 aliphatic rings. The molecule has 3 heteroatoms. The van der Waals surface area contributed by atoms with Crippen LogP contribution in [0.2, 0.25) is 0 Å². The molecule has 0 saturated carbocycles. The van der Waals surface area contributed by atoms with Crippen LogP contribution in [0.25, 0.3) is 10.8 Å². The first-order valence-corrected chi connectivity index (χ1v) is 7.68. The maximum Gasteiger partial charge on any atom is 0.180 e. The van der Waals surface area contributed by atoms with Crippen LogP contribution in [0, 0.1) is 0 Å². The van der Waals surface area contributed by atoms with E-state index in [1.807, 2.05) is 0 Å². The van der Waals surface area contributed by atoms with Gasteiger partial charge in [0.15, 0.2) is 5.13 Å². The van der Waals surface area contributed by atoms with Crippen molar-refractivity contribution < 1.29 is 0 Å². The Morgan fingerprint density at radius 1 is 1.10 bits per heavy atom. The van der Waals surface area contributed by atoms with Crippen LogP contribution in [0.3, 0.4) is 0 Å². The Labute approximate surface area is 123 Å². The van der Waals surface area contributed by atoms with Gasteiger partial charge in [-0.25, -0.2) is 4.98 Å². The SMILES string of the molecule is CC(C)c1nc(N)sc1Cc1ccc2ccccc2c1. The summed E-state index contributed by atoms with van der Waals surface area (Å²) >= 11 is 1.61. The number of rotatable bonds is 3. The van der Waals surface area contributed by atoms with Crippen molar-refractivity contribution in [2.45, 2.75) is 26.2 Å². The summed E-state index contributed by atoms with van der Waals surface area (Å²) in [5.41, 5.74) is 8.32. The monoisotopic (exact) mass is 282 g/mol. The molecule has 102 valence electrons. The molecule has 0 spiro atoms. The molecule has 0 amide bonds. The Morgan fingerprint density at radius 3 is 2.60 bits per heavy atom. The minimum absolute atomic E-state index is 0.416. The molecule has 0 aliphatic heterocycles. The van der Waals surface area contributed by atoms with Crippen LogP contribution < -0.4 is 5.73 Å². The molecule has 2 N–H and O–H groups in total. The lowest BCUT2D eigenvalue weighted by Gasteiger charge is -2.06. The zero-order valence-corrected chi connectivity index (χ0v) is 12.6. The lowest BCUT2D eigenvalue weighted by atomic mass is 10.0. The van der Waals surface area contributed by atoms with E-state index in [0.717, 1.165) is 12.1 Å². The van der Waals surface area contributed by atoms with E-state index in [4.69, 9.17) is 5.73 Å². The zero-order chi connectivity index (χ0) is 14.1. The van der Waals surface area contributed by atoms with Crippen LogP contribution in [0.4, 0.5) is 5.13 Å². The largest absolute Gasteiger partial charge is 0.375 e. The number of benzene rings is 2. The smallest absolute Gasteiger partial charge is 0.180 e. The van der Waals surface area contributed by atoms with Crippen LogP contribution in [0.15, 0.2) is 42.5 Å². The summed E-state index contributed by atoms with van der Waals surface area (Å²) in [7, 11) is 0. The van der Waals surface area contributed by atoms with E-state index in [-0.39, 0.29) is 0 Å². The number of aromatic nitrogens is 1. The van der Waals surface area contributed by atoms with E-state index in [1.54, 1.807) is 11.3 Å². The molecule has 0 atom stereocenters. The predicted octanol–water partition coefficient (Wildman–Crippen LogP) is 4.59. The van der Waals surface area contributed by atoms with Gasteiger partial charge in [-0.05, 0) is 22.3 Å². The van der Waals surface area contributed by atoms with E-state index in [0.29, 0.717) is 11.0 Å². The Kier molecular flexibility index (Phi) is 3.45. The maximum atomic E-state index is 5.87. The Morgan fingerprint density at radius 2 is 1.85 bits per heavy atom. The molecule has 3 aromatic rings. The summed E-state index contributed by atoms with van der Waals surface area (Å²) in [6.45, 7) is 4.33. The van der Waals surface area contributed by atoms with E-state index >= 15 is 0 Å². The van der Waals surface area contributed by atoms with Crippen molar-refractivity contribution in [2.24, 2.45) is 0 Å². The number of nitrogen functional groups attached to an aromatic ring is 1. The van der Waals surface area contributed by atoms with Gasteiger partial charge < -0.3 is 5.73 Å². The Balaban J connectivity index is 1.96. The third-order valence-electron chi connectivity index (χ3n) is 3.47. The third kappa shape index (κ3) is 2.54. The second kappa shape index (κ2) is 5.25. The summed E-state index contributed by atoms with van der Waals surface area (Å²) in [6, 6.07) is 15.1. The highest BCUT2D eigenvalue weighted by Gasteiger charge is 2.13. The molecule has 2 aromatic carbocycles. The summed E-state index contributed by atoms with van der Waals surface area (Å²) < 4.78 is 0. The van der Waals surface area contributed by atoms with Gasteiger partial charge in [0, 0.05) is 11.3 Å². The van der Waals surface area contributed by atoms with Gasteiger partial charge >= 0.3 is 0 Å². The molecule has 0 fully saturated rings. The minimum atomic E-state index is 0.416. The molecule has 0 saturated heterocycles. The average Bonchev–Trinajstić information content (AvgIpc) is 2.80. The fourth-order valence-corrected chi connectivity index (χ4v) is 3.52. The molecule has 0 bridgehead atoms. The van der Waals surface area contributed by atoms with Crippen molar-refractivity contribution >= 4 is 27.2 Å². The fraction of sp³-hybridized carbons (Fsp3) is 0.235. The number of hydrogen-bond donors (Lipinski definition) is 1. The van der Waals surface area contributed by atoms with Gasteiger partial charge in [0.25, 0.3) is 0 Å². The maximum absolute atomic E-state index is 5.87. The van der Waals surface area contributed by atoms with Crippen LogP contribution in [0.1, 0.15) is 35.9 Å². The quantitative estimate of drug-likeness (QED) is 0.763. The second-order valence-corrected chi connectivity index (χ2v) is 6.49. The van der Waals surface area contributed by atoms with Crippen LogP contribution in [0.5, 0.6) is 0 Å². The van der Waals surface area contributed by atoms with Crippen molar-refractivity contribution in [1.82, 2.24) is 4.98 Å². The number of thiazole rings is 1. The predicted molar refractivity (Wildman–Crippen MR) is 87.4 cm³/mol. The van der Waals surface area contributed by atoms with Gasteiger partial charge in [0.2, 0.25) is 0 Å². The average molecular weight is 282 g/mol. The molecular weight excluding hydrogens is 264 g/mol. The Bertz CT molecular complexity index is 744. The summed E-state index contributed by atoms with van der Waals surface area (Å²) in [4.78, 5) is 5.75. The van der Waals surface area contributed by atoms with Crippen molar-refractivity contribution in [1.29, 1.82) is 0 Å². The van der Waals surface area contributed by atoms with E-state index in [9.17, 15) is 0 Å². The topological polar surface area (TPSA) is 38.9 Å². The normalized spacial score (nSPS) is 11.3. The van der Waals surface area contributed by atoms with Gasteiger partial charge in [0.05, 0.1) is 5.69 Å². The Hall–Kier alpha value is -1.87. The summed E-state index contributed by atoms with van der Waals surface area (Å²) in [5.74, 6) is 0.416. The number of hydrogen-bond acceptors (Lipinski definition) is 3. The standard InChI is InChI=1S/C17H18N2S/c1-11(2)16-15(20-17(18)19-16)10-12-7-8-13-5-3-4-6-14(13)9-12/h3-9,11H,10H2,1-2H3,(H2,18,19). The molecule has 2 nitrogen and oxygen atoms in total. The molecule has 1 aromatic heterocycles. The fourth-order valence-electron chi connectivity index (χ4n) is 2.49. The van der Waals surface area contributed by atoms with Crippen LogP contribution in [-0.4, -0.2) is 4.98 Å². The molecule has 1 heterocycles. The van der Waals surface area contributed by atoms with Gasteiger partial charge in [-0.3, -0.25) is 0 Å². The van der Waals surface area contributed by atoms with Crippen molar-refractivity contribution in [3.8, 4) is 0 Å². The first-order chi connectivity index (χ1) is 9.63. The number of nitrogens with zero attached hydrogens (tertiary/aromatic N) is 1. The minimum Gasteiger partial charge on any atom is -0.375 e. The van der Waals surface area contributed by atoms with Crippen LogP contribution >= 0.6 is 11.3 Å². The van der Waals surface area contributed by atoms with Gasteiger partial charge in [-0.1, -0.05) is 56.3 Å². The van der Waals surface area contributed by atoms with Crippen LogP contribution in [-0.2, 0) is 6.42 Å². The molecule has 0 radical (unpaired) electrons. The van der Waals surface area contributed by atoms with Gasteiger partial charge in [0.1, 0.15) is 0 Å². The summed E-state index contributed by atoms with van der Waals surface area (Å²) in [5, 5.41) is 3.24. The summed E-state index contributed by atoms with van der Waals surface area (Å²) in [6.07, 6.45) is 0.910. The van der Waals surface area contributed by atoms with E-state index < -0.39 is 0 Å². The molecule has 3 rings (SSSR count). The highest BCUT2D eigenvalue weighted by molar-refractivity contribution is 7.15. The van der Waals surface area contributed by atoms with Gasteiger partial charge in [-0.15, -0.1) is 11.3 Å².